The third-order valence-electron chi connectivity index (χ3n) is 4.08. The molecule has 0 saturated carbocycles. The van der Waals surface area contributed by atoms with E-state index >= 15 is 0 Å². The summed E-state index contributed by atoms with van der Waals surface area (Å²) in [7, 11) is 1.78. The quantitative estimate of drug-likeness (QED) is 0.699. The van der Waals surface area contributed by atoms with Gasteiger partial charge in [-0.15, -0.1) is 0 Å². The third-order valence-corrected chi connectivity index (χ3v) is 4.40. The van der Waals surface area contributed by atoms with Gasteiger partial charge in [0, 0.05) is 25.0 Å². The number of carbonyl (C=O) groups is 1. The Balaban J connectivity index is 1.78. The lowest BCUT2D eigenvalue weighted by Gasteiger charge is -2.20. The molecule has 3 rings (SSSR count). The summed E-state index contributed by atoms with van der Waals surface area (Å²) in [6.45, 7) is 1.65. The molecular formula is C20H19ClFN3O2. The average Bonchev–Trinajstić information content (AvgIpc) is 3.07. The van der Waals surface area contributed by atoms with Gasteiger partial charge in [0.05, 0.1) is 5.02 Å². The van der Waals surface area contributed by atoms with E-state index in [4.69, 9.17) is 16.3 Å². The average molecular weight is 388 g/mol. The SMILES string of the molecule is Cc1ccc(Cl)c(OCC(=O)N[C@@H](c2ccccc2F)c2nccn2C)c1. The fourth-order valence-electron chi connectivity index (χ4n) is 2.71. The maximum absolute atomic E-state index is 14.3. The van der Waals surface area contributed by atoms with Crippen molar-refractivity contribution in [1.82, 2.24) is 14.9 Å². The summed E-state index contributed by atoms with van der Waals surface area (Å²) in [6.07, 6.45) is 3.33. The number of ether oxygens (including phenoxy) is 1. The number of nitrogens with one attached hydrogen (secondary N) is 1. The molecule has 7 heteroatoms. The number of halogens is 2. The maximum atomic E-state index is 14.3. The van der Waals surface area contributed by atoms with Crippen molar-refractivity contribution in [3.8, 4) is 5.75 Å². The van der Waals surface area contributed by atoms with Gasteiger partial charge < -0.3 is 14.6 Å². The topological polar surface area (TPSA) is 56.1 Å². The Labute approximate surface area is 161 Å². The molecule has 1 amide bonds. The molecule has 5 nitrogen and oxygen atoms in total. The molecule has 0 aliphatic heterocycles. The Kier molecular flexibility index (Phi) is 5.76. The first-order valence-corrected chi connectivity index (χ1v) is 8.73. The van der Waals surface area contributed by atoms with Gasteiger partial charge in [-0.1, -0.05) is 35.9 Å². The van der Waals surface area contributed by atoms with Gasteiger partial charge >= 0.3 is 0 Å². The van der Waals surface area contributed by atoms with Gasteiger partial charge in [0.25, 0.3) is 5.91 Å². The molecule has 1 atom stereocenters. The second-order valence-corrected chi connectivity index (χ2v) is 6.55. The van der Waals surface area contributed by atoms with Crippen molar-refractivity contribution in [2.75, 3.05) is 6.61 Å². The number of rotatable bonds is 6. The van der Waals surface area contributed by atoms with Crippen LogP contribution < -0.4 is 10.1 Å². The summed E-state index contributed by atoms with van der Waals surface area (Å²) in [5, 5.41) is 3.21. The Hall–Kier alpha value is -2.86. The zero-order valence-corrected chi connectivity index (χ0v) is 15.7. The molecule has 27 heavy (non-hydrogen) atoms. The molecule has 0 aliphatic carbocycles. The number of hydrogen-bond donors (Lipinski definition) is 1. The van der Waals surface area contributed by atoms with Gasteiger partial charge in [0.2, 0.25) is 0 Å². The summed E-state index contributed by atoms with van der Waals surface area (Å²) >= 11 is 6.08. The van der Waals surface area contributed by atoms with E-state index in [1.54, 1.807) is 54.3 Å². The molecule has 140 valence electrons. The first kappa shape index (κ1) is 18.9. The van der Waals surface area contributed by atoms with Crippen LogP contribution in [0, 0.1) is 12.7 Å². The summed E-state index contributed by atoms with van der Waals surface area (Å²) in [4.78, 5) is 16.7. The summed E-state index contributed by atoms with van der Waals surface area (Å²) in [5.74, 6) is 0.102. The molecule has 2 aromatic carbocycles. The molecule has 0 radical (unpaired) electrons. The molecule has 1 N–H and O–H groups in total. The molecule has 0 aliphatic rings. The number of nitrogens with zero attached hydrogens (tertiary/aromatic N) is 2. The van der Waals surface area contributed by atoms with Crippen LogP contribution in [0.2, 0.25) is 5.02 Å². The van der Waals surface area contributed by atoms with E-state index in [0.29, 0.717) is 22.2 Å². The summed E-state index contributed by atoms with van der Waals surface area (Å²) < 4.78 is 21.6. The maximum Gasteiger partial charge on any atom is 0.258 e. The highest BCUT2D eigenvalue weighted by molar-refractivity contribution is 6.32. The van der Waals surface area contributed by atoms with Crippen molar-refractivity contribution >= 4 is 17.5 Å². The molecular weight excluding hydrogens is 369 g/mol. The fourth-order valence-corrected chi connectivity index (χ4v) is 2.89. The minimum atomic E-state index is -0.740. The van der Waals surface area contributed by atoms with Crippen molar-refractivity contribution in [1.29, 1.82) is 0 Å². The fraction of sp³-hybridized carbons (Fsp3) is 0.200. The van der Waals surface area contributed by atoms with Crippen LogP contribution in [-0.4, -0.2) is 22.1 Å². The predicted molar refractivity (Wildman–Crippen MR) is 101 cm³/mol. The van der Waals surface area contributed by atoms with E-state index < -0.39 is 17.8 Å². The van der Waals surface area contributed by atoms with E-state index in [2.05, 4.69) is 10.3 Å². The van der Waals surface area contributed by atoms with Crippen LogP contribution >= 0.6 is 11.6 Å². The second kappa shape index (κ2) is 8.22. The van der Waals surface area contributed by atoms with Crippen molar-refractivity contribution in [3.05, 3.63) is 82.6 Å². The molecule has 0 unspecified atom stereocenters. The minimum Gasteiger partial charge on any atom is -0.482 e. The molecule has 1 aromatic heterocycles. The number of imidazole rings is 1. The normalized spacial score (nSPS) is 11.9. The van der Waals surface area contributed by atoms with Crippen LogP contribution in [0.1, 0.15) is 23.0 Å². The van der Waals surface area contributed by atoms with Crippen LogP contribution in [-0.2, 0) is 11.8 Å². The lowest BCUT2D eigenvalue weighted by Crippen LogP contribution is -2.35. The lowest BCUT2D eigenvalue weighted by atomic mass is 10.1. The Morgan fingerprint density at radius 3 is 2.81 bits per heavy atom. The van der Waals surface area contributed by atoms with Crippen LogP contribution in [0.3, 0.4) is 0 Å². The van der Waals surface area contributed by atoms with Crippen LogP contribution in [0.25, 0.3) is 0 Å². The molecule has 0 fully saturated rings. The van der Waals surface area contributed by atoms with Gasteiger partial charge in [-0.25, -0.2) is 9.37 Å². The zero-order chi connectivity index (χ0) is 19.4. The standard InChI is InChI=1S/C20H19ClFN3O2/c1-13-7-8-15(21)17(11-13)27-12-18(26)24-19(20-23-9-10-25(20)2)14-5-3-4-6-16(14)22/h3-11,19H,12H2,1-2H3,(H,24,26)/t19-/m0/s1. The Morgan fingerprint density at radius 2 is 2.11 bits per heavy atom. The third kappa shape index (κ3) is 4.46. The smallest absolute Gasteiger partial charge is 0.258 e. The van der Waals surface area contributed by atoms with Gasteiger partial charge in [0.1, 0.15) is 23.4 Å². The highest BCUT2D eigenvalue weighted by atomic mass is 35.5. The summed E-state index contributed by atoms with van der Waals surface area (Å²) in [6, 6.07) is 10.8. The van der Waals surface area contributed by atoms with Crippen molar-refractivity contribution in [2.45, 2.75) is 13.0 Å². The first-order chi connectivity index (χ1) is 13.0. The number of benzene rings is 2. The van der Waals surface area contributed by atoms with Gasteiger partial charge in [-0.2, -0.15) is 0 Å². The van der Waals surface area contributed by atoms with E-state index in [9.17, 15) is 9.18 Å². The van der Waals surface area contributed by atoms with Gasteiger partial charge in [-0.05, 0) is 30.7 Å². The van der Waals surface area contributed by atoms with E-state index in [0.717, 1.165) is 5.56 Å². The van der Waals surface area contributed by atoms with Crippen molar-refractivity contribution in [2.24, 2.45) is 7.05 Å². The molecule has 3 aromatic rings. The molecule has 0 saturated heterocycles. The summed E-state index contributed by atoms with van der Waals surface area (Å²) in [5.41, 5.74) is 1.29. The number of hydrogen-bond acceptors (Lipinski definition) is 3. The molecule has 0 spiro atoms. The van der Waals surface area contributed by atoms with Crippen LogP contribution in [0.5, 0.6) is 5.75 Å². The van der Waals surface area contributed by atoms with Crippen LogP contribution in [0.4, 0.5) is 4.39 Å². The van der Waals surface area contributed by atoms with E-state index in [1.807, 2.05) is 13.0 Å². The first-order valence-electron chi connectivity index (χ1n) is 8.35. The number of carbonyl (C=O) groups excluding carboxylic acids is 1. The van der Waals surface area contributed by atoms with Crippen molar-refractivity contribution < 1.29 is 13.9 Å². The zero-order valence-electron chi connectivity index (χ0n) is 14.9. The van der Waals surface area contributed by atoms with Crippen molar-refractivity contribution in [3.63, 3.8) is 0 Å². The largest absolute Gasteiger partial charge is 0.482 e. The molecule has 0 bridgehead atoms. The number of amides is 1. The highest BCUT2D eigenvalue weighted by Crippen LogP contribution is 2.26. The van der Waals surface area contributed by atoms with Crippen LogP contribution in [0.15, 0.2) is 54.9 Å². The van der Waals surface area contributed by atoms with E-state index in [-0.39, 0.29) is 6.61 Å². The van der Waals surface area contributed by atoms with Gasteiger partial charge in [-0.3, -0.25) is 4.79 Å². The lowest BCUT2D eigenvalue weighted by molar-refractivity contribution is -0.123. The number of aryl methyl sites for hydroxylation is 2. The highest BCUT2D eigenvalue weighted by Gasteiger charge is 2.23. The monoisotopic (exact) mass is 387 g/mol. The molecule has 1 heterocycles. The Bertz CT molecular complexity index is 958. The van der Waals surface area contributed by atoms with Gasteiger partial charge in [0.15, 0.2) is 6.61 Å². The second-order valence-electron chi connectivity index (χ2n) is 6.14. The van der Waals surface area contributed by atoms with E-state index in [1.165, 1.54) is 6.07 Å². The minimum absolute atomic E-state index is 0.251. The number of aromatic nitrogens is 2. The Morgan fingerprint density at radius 1 is 1.33 bits per heavy atom. The predicted octanol–water partition coefficient (Wildman–Crippen LogP) is 3.81.